The molecule has 0 aliphatic heterocycles. The molecule has 0 saturated heterocycles. The molecule has 9 nitrogen and oxygen atoms in total. The normalized spacial score (nSPS) is 13.7. The van der Waals surface area contributed by atoms with Gasteiger partial charge in [-0.05, 0) is 85.5 Å². The Hall–Kier alpha value is -4.79. The monoisotopic (exact) mass is 806 g/mol. The summed E-state index contributed by atoms with van der Waals surface area (Å²) in [6.45, 7) is 5.48. The molecule has 2 aromatic heterocycles. The standard InChI is InChI=1S/C46H54O9Si2/c1-49-56(3,29-17-7-5-15-27-51-39-25-23-37-31-41(35-19-11-9-12-20-35)45(47)53-43(37)33-39)55-57(4,50-2)30-18-8-6-16-28-52-40-26-24-38-32-42(36-21-13-10-14-22-36)46(48)54-44(38)34-40/h9-14,19-26,31-34H,5-8,15-18,27-30H2,1-4H3. The molecule has 0 amide bonds. The topological polar surface area (TPSA) is 107 Å². The van der Waals surface area contributed by atoms with Crippen LogP contribution in [0.2, 0.25) is 25.2 Å². The molecule has 2 heterocycles. The molecule has 6 rings (SSSR count). The number of hydrogen-bond acceptors (Lipinski definition) is 9. The van der Waals surface area contributed by atoms with Gasteiger partial charge in [0.15, 0.2) is 0 Å². The van der Waals surface area contributed by atoms with Crippen molar-refractivity contribution in [2.24, 2.45) is 0 Å². The average Bonchev–Trinajstić information content (AvgIpc) is 3.23. The van der Waals surface area contributed by atoms with E-state index in [0.29, 0.717) is 47.0 Å². The third-order valence-electron chi connectivity index (χ3n) is 10.5. The van der Waals surface area contributed by atoms with Crippen molar-refractivity contribution in [2.75, 3.05) is 27.4 Å². The summed E-state index contributed by atoms with van der Waals surface area (Å²) >= 11 is 0. The minimum Gasteiger partial charge on any atom is -0.493 e. The average molecular weight is 807 g/mol. The van der Waals surface area contributed by atoms with E-state index in [9.17, 15) is 9.59 Å². The SMILES string of the molecule is CO[Si](C)(CCCCCCOc1ccc2cc(-c3ccccc3)c(=O)oc2c1)O[Si](C)(CCCCCCOc1ccc2cc(-c3ccccc3)c(=O)oc2c1)OC. The van der Waals surface area contributed by atoms with Crippen LogP contribution in [0, 0.1) is 0 Å². The summed E-state index contributed by atoms with van der Waals surface area (Å²) in [5, 5.41) is 1.72. The van der Waals surface area contributed by atoms with Gasteiger partial charge in [0.25, 0.3) is 0 Å². The Labute approximate surface area is 337 Å². The molecule has 0 spiro atoms. The highest BCUT2D eigenvalue weighted by Crippen LogP contribution is 2.29. The molecule has 6 aromatic rings. The van der Waals surface area contributed by atoms with Crippen molar-refractivity contribution in [1.82, 2.24) is 0 Å². The highest BCUT2D eigenvalue weighted by Gasteiger charge is 2.41. The molecule has 0 aliphatic carbocycles. The van der Waals surface area contributed by atoms with Crippen LogP contribution in [0.25, 0.3) is 44.2 Å². The van der Waals surface area contributed by atoms with Crippen LogP contribution in [-0.2, 0) is 13.0 Å². The van der Waals surface area contributed by atoms with E-state index in [1.54, 1.807) is 26.4 Å². The van der Waals surface area contributed by atoms with Crippen molar-refractivity contribution < 1.29 is 31.3 Å². The van der Waals surface area contributed by atoms with Crippen molar-refractivity contribution >= 4 is 39.1 Å². The quantitative estimate of drug-likeness (QED) is 0.0376. The molecule has 2 atom stereocenters. The van der Waals surface area contributed by atoms with Crippen LogP contribution < -0.4 is 20.7 Å². The van der Waals surface area contributed by atoms with Crippen molar-refractivity contribution in [2.45, 2.75) is 76.5 Å². The van der Waals surface area contributed by atoms with Crippen LogP contribution in [0.15, 0.2) is 128 Å². The lowest BCUT2D eigenvalue weighted by molar-refractivity contribution is 0.238. The number of ether oxygens (including phenoxy) is 2. The summed E-state index contributed by atoms with van der Waals surface area (Å²) in [5.41, 5.74) is 3.11. The first kappa shape index (κ1) is 41.8. The Morgan fingerprint density at radius 2 is 0.895 bits per heavy atom. The van der Waals surface area contributed by atoms with E-state index in [0.717, 1.165) is 85.4 Å². The first-order chi connectivity index (χ1) is 27.7. The minimum absolute atomic E-state index is 0.357. The zero-order valence-electron chi connectivity index (χ0n) is 33.6. The van der Waals surface area contributed by atoms with Gasteiger partial charge in [-0.25, -0.2) is 9.59 Å². The third-order valence-corrected chi connectivity index (χ3v) is 18.2. The lowest BCUT2D eigenvalue weighted by atomic mass is 10.1. The van der Waals surface area contributed by atoms with Gasteiger partial charge in [0.05, 0.1) is 24.3 Å². The summed E-state index contributed by atoms with van der Waals surface area (Å²) in [6.07, 6.45) is 8.08. The molecule has 11 heteroatoms. The summed E-state index contributed by atoms with van der Waals surface area (Å²) in [4.78, 5) is 25.3. The Bertz CT molecular complexity index is 2150. The van der Waals surface area contributed by atoms with Gasteiger partial charge in [-0.3, -0.25) is 0 Å². The van der Waals surface area contributed by atoms with Crippen LogP contribution in [-0.4, -0.2) is 44.6 Å². The zero-order valence-corrected chi connectivity index (χ0v) is 35.6. The minimum atomic E-state index is -2.40. The van der Waals surface area contributed by atoms with Crippen LogP contribution in [0.4, 0.5) is 0 Å². The number of fused-ring (bicyclic) bond motifs is 2. The van der Waals surface area contributed by atoms with E-state index in [-0.39, 0.29) is 11.3 Å². The van der Waals surface area contributed by atoms with E-state index in [2.05, 4.69) is 13.1 Å². The molecule has 0 N–H and O–H groups in total. The predicted octanol–water partition coefficient (Wildman–Crippen LogP) is 11.3. The van der Waals surface area contributed by atoms with Crippen LogP contribution >= 0.6 is 0 Å². The highest BCUT2D eigenvalue weighted by molar-refractivity contribution is 6.80. The zero-order chi connectivity index (χ0) is 40.1. The van der Waals surface area contributed by atoms with Gasteiger partial charge >= 0.3 is 28.4 Å². The second-order valence-corrected chi connectivity index (χ2v) is 22.0. The van der Waals surface area contributed by atoms with Gasteiger partial charge < -0.3 is 31.3 Å². The first-order valence-electron chi connectivity index (χ1n) is 20.0. The molecule has 0 aliphatic rings. The summed E-state index contributed by atoms with van der Waals surface area (Å²) < 4.78 is 42.1. The van der Waals surface area contributed by atoms with Crippen molar-refractivity contribution in [3.63, 3.8) is 0 Å². The molecule has 0 fully saturated rings. The lowest BCUT2D eigenvalue weighted by Gasteiger charge is -2.35. The Morgan fingerprint density at radius 1 is 0.491 bits per heavy atom. The first-order valence-corrected chi connectivity index (χ1v) is 25.0. The second-order valence-electron chi connectivity index (χ2n) is 14.8. The number of rotatable bonds is 22. The number of benzene rings is 4. The molecular weight excluding hydrogens is 753 g/mol. The second kappa shape index (κ2) is 20.1. The third kappa shape index (κ3) is 11.6. The van der Waals surface area contributed by atoms with Crippen LogP contribution in [0.3, 0.4) is 0 Å². The van der Waals surface area contributed by atoms with Crippen LogP contribution in [0.1, 0.15) is 51.4 Å². The summed E-state index contributed by atoms with van der Waals surface area (Å²) in [6, 6.07) is 36.0. The van der Waals surface area contributed by atoms with Gasteiger partial charge in [0.2, 0.25) is 0 Å². The molecule has 300 valence electrons. The molecule has 2 unspecified atom stereocenters. The molecule has 0 radical (unpaired) electrons. The summed E-state index contributed by atoms with van der Waals surface area (Å²) in [5.74, 6) is 1.39. The molecule has 4 aromatic carbocycles. The maximum Gasteiger partial charge on any atom is 0.344 e. The van der Waals surface area contributed by atoms with E-state index < -0.39 is 17.1 Å². The van der Waals surface area contributed by atoms with E-state index in [1.165, 1.54) is 0 Å². The lowest BCUT2D eigenvalue weighted by Crippen LogP contribution is -2.51. The Morgan fingerprint density at radius 3 is 1.30 bits per heavy atom. The maximum absolute atomic E-state index is 12.6. The predicted molar refractivity (Wildman–Crippen MR) is 232 cm³/mol. The maximum atomic E-state index is 12.6. The smallest absolute Gasteiger partial charge is 0.344 e. The van der Waals surface area contributed by atoms with Crippen molar-refractivity contribution in [3.05, 3.63) is 130 Å². The molecular formula is C46H54O9Si2. The fourth-order valence-corrected chi connectivity index (χ4v) is 14.4. The van der Waals surface area contributed by atoms with Crippen molar-refractivity contribution in [3.8, 4) is 33.8 Å². The summed E-state index contributed by atoms with van der Waals surface area (Å²) in [7, 11) is -1.26. The van der Waals surface area contributed by atoms with E-state index in [1.807, 2.05) is 97.1 Å². The number of unbranched alkanes of at least 4 members (excludes halogenated alkanes) is 6. The van der Waals surface area contributed by atoms with Crippen molar-refractivity contribution in [1.29, 1.82) is 0 Å². The van der Waals surface area contributed by atoms with Gasteiger partial charge in [0.1, 0.15) is 22.7 Å². The fraction of sp³-hybridized carbons (Fsp3) is 0.348. The Balaban J connectivity index is 0.857. The number of hydrogen-bond donors (Lipinski definition) is 0. The van der Waals surface area contributed by atoms with Crippen LogP contribution in [0.5, 0.6) is 11.5 Å². The van der Waals surface area contributed by atoms with Gasteiger partial charge in [-0.15, -0.1) is 0 Å². The van der Waals surface area contributed by atoms with Gasteiger partial charge in [-0.2, -0.15) is 0 Å². The molecule has 0 bridgehead atoms. The Kier molecular flexibility index (Phi) is 14.7. The fourth-order valence-electron chi connectivity index (χ4n) is 7.03. The largest absolute Gasteiger partial charge is 0.493 e. The van der Waals surface area contributed by atoms with Gasteiger partial charge in [0, 0.05) is 37.1 Å². The molecule has 0 saturated carbocycles. The molecule has 57 heavy (non-hydrogen) atoms. The van der Waals surface area contributed by atoms with E-state index in [4.69, 9.17) is 31.3 Å². The van der Waals surface area contributed by atoms with E-state index >= 15 is 0 Å². The highest BCUT2D eigenvalue weighted by atomic mass is 28.5. The van der Waals surface area contributed by atoms with Gasteiger partial charge in [-0.1, -0.05) is 99.2 Å².